The molecular weight excluding hydrogens is 275 g/mol. The summed E-state index contributed by atoms with van der Waals surface area (Å²) < 4.78 is 40.5. The molecule has 2 aromatic rings. The van der Waals surface area contributed by atoms with Gasteiger partial charge in [-0.3, -0.25) is 9.89 Å². The Balaban J connectivity index is 2.02. The van der Waals surface area contributed by atoms with Crippen LogP contribution in [0.25, 0.3) is 10.9 Å². The van der Waals surface area contributed by atoms with Crippen LogP contribution in [0.5, 0.6) is 0 Å². The number of amides is 1. The number of aromatic amines is 1. The van der Waals surface area contributed by atoms with Crippen molar-refractivity contribution in [2.24, 2.45) is 0 Å². The first-order valence-electron chi connectivity index (χ1n) is 5.78. The second-order valence-corrected chi connectivity index (χ2v) is 4.20. The molecule has 0 saturated carbocycles. The molecule has 0 fully saturated rings. The third-order valence-corrected chi connectivity index (χ3v) is 2.60. The van der Waals surface area contributed by atoms with E-state index in [1.807, 2.05) is 0 Å². The second kappa shape index (κ2) is 5.49. The number of nitrogens with zero attached hydrogens (tertiary/aromatic N) is 1. The number of carbonyl (C=O) groups is 1. The average Bonchev–Trinajstić information content (AvgIpc) is 2.84. The maximum atomic E-state index is 12.0. The van der Waals surface area contributed by atoms with Crippen molar-refractivity contribution in [1.29, 1.82) is 0 Å². The van der Waals surface area contributed by atoms with E-state index < -0.39 is 24.8 Å². The lowest BCUT2D eigenvalue weighted by molar-refractivity contribution is -0.184. The van der Waals surface area contributed by atoms with Crippen LogP contribution in [0.15, 0.2) is 24.4 Å². The van der Waals surface area contributed by atoms with Gasteiger partial charge in [-0.25, -0.2) is 0 Å². The van der Waals surface area contributed by atoms with Crippen LogP contribution in [0.3, 0.4) is 0 Å². The Kier molecular flexibility index (Phi) is 3.93. The van der Waals surface area contributed by atoms with Crippen LogP contribution < -0.4 is 5.32 Å². The van der Waals surface area contributed by atoms with E-state index in [-0.39, 0.29) is 0 Å². The number of nitrogens with one attached hydrogen (secondary N) is 2. The van der Waals surface area contributed by atoms with Crippen molar-refractivity contribution in [3.8, 4) is 0 Å². The van der Waals surface area contributed by atoms with Crippen molar-refractivity contribution in [3.63, 3.8) is 0 Å². The Morgan fingerprint density at radius 1 is 1.50 bits per heavy atom. The van der Waals surface area contributed by atoms with Gasteiger partial charge in [-0.1, -0.05) is 12.1 Å². The SMILES string of the molecule is CC(OCC(F)(F)F)C(=O)Nc1cccc2cn[nH]c12. The number of H-pyrrole nitrogens is 1. The van der Waals surface area contributed by atoms with Crippen LogP contribution in [0.2, 0.25) is 0 Å². The predicted molar refractivity (Wildman–Crippen MR) is 66.2 cm³/mol. The number of carbonyl (C=O) groups excluding carboxylic acids is 1. The van der Waals surface area contributed by atoms with Gasteiger partial charge < -0.3 is 10.1 Å². The molecule has 0 radical (unpaired) electrons. The lowest BCUT2D eigenvalue weighted by atomic mass is 10.2. The highest BCUT2D eigenvalue weighted by Gasteiger charge is 2.30. The van der Waals surface area contributed by atoms with Crippen LogP contribution in [-0.4, -0.2) is 35.0 Å². The fraction of sp³-hybridized carbons (Fsp3) is 0.333. The average molecular weight is 287 g/mol. The van der Waals surface area contributed by atoms with E-state index in [0.29, 0.717) is 11.2 Å². The van der Waals surface area contributed by atoms with Gasteiger partial charge in [0.15, 0.2) is 0 Å². The van der Waals surface area contributed by atoms with Gasteiger partial charge >= 0.3 is 6.18 Å². The number of alkyl halides is 3. The summed E-state index contributed by atoms with van der Waals surface area (Å²) in [6.07, 6.45) is -4.10. The second-order valence-electron chi connectivity index (χ2n) is 4.20. The highest BCUT2D eigenvalue weighted by Crippen LogP contribution is 2.21. The molecule has 1 atom stereocenters. The van der Waals surface area contributed by atoms with Gasteiger partial charge in [-0.15, -0.1) is 0 Å². The fourth-order valence-electron chi connectivity index (χ4n) is 1.60. The van der Waals surface area contributed by atoms with E-state index in [0.717, 1.165) is 5.39 Å². The zero-order valence-corrected chi connectivity index (χ0v) is 10.5. The quantitative estimate of drug-likeness (QED) is 0.907. The van der Waals surface area contributed by atoms with Gasteiger partial charge in [0.1, 0.15) is 12.7 Å². The molecule has 1 aromatic heterocycles. The lowest BCUT2D eigenvalue weighted by Gasteiger charge is -2.15. The van der Waals surface area contributed by atoms with Crippen molar-refractivity contribution in [1.82, 2.24) is 10.2 Å². The highest BCUT2D eigenvalue weighted by atomic mass is 19.4. The van der Waals surface area contributed by atoms with Crippen molar-refractivity contribution in [2.45, 2.75) is 19.2 Å². The van der Waals surface area contributed by atoms with Crippen LogP contribution >= 0.6 is 0 Å². The number of rotatable bonds is 4. The largest absolute Gasteiger partial charge is 0.411 e. The molecule has 0 saturated heterocycles. The summed E-state index contributed by atoms with van der Waals surface area (Å²) in [5.41, 5.74) is 1.04. The van der Waals surface area contributed by atoms with Crippen molar-refractivity contribution >= 4 is 22.5 Å². The highest BCUT2D eigenvalue weighted by molar-refractivity contribution is 6.01. The predicted octanol–water partition coefficient (Wildman–Crippen LogP) is 2.47. The standard InChI is InChI=1S/C12H12F3N3O2/c1-7(20-6-12(13,14)15)11(19)17-9-4-2-3-8-5-16-18-10(8)9/h2-5,7H,6H2,1H3,(H,16,18)(H,17,19). The maximum absolute atomic E-state index is 12.0. The molecule has 0 aliphatic rings. The van der Waals surface area contributed by atoms with E-state index in [4.69, 9.17) is 0 Å². The summed E-state index contributed by atoms with van der Waals surface area (Å²) in [7, 11) is 0. The van der Waals surface area contributed by atoms with Crippen LogP contribution in [0.1, 0.15) is 6.92 Å². The van der Waals surface area contributed by atoms with Gasteiger partial charge in [0.2, 0.25) is 0 Å². The molecule has 2 rings (SSSR count). The molecule has 1 unspecified atom stereocenters. The molecule has 0 bridgehead atoms. The molecule has 1 heterocycles. The number of ether oxygens (including phenoxy) is 1. The number of hydrogen-bond acceptors (Lipinski definition) is 3. The van der Waals surface area contributed by atoms with Gasteiger partial charge in [0, 0.05) is 5.39 Å². The smallest absolute Gasteiger partial charge is 0.359 e. The van der Waals surface area contributed by atoms with Crippen molar-refractivity contribution < 1.29 is 22.7 Å². The number of para-hydroxylation sites is 1. The summed E-state index contributed by atoms with van der Waals surface area (Å²) in [5, 5.41) is 9.82. The molecule has 8 heteroatoms. The zero-order valence-electron chi connectivity index (χ0n) is 10.5. The molecule has 5 nitrogen and oxygen atoms in total. The first-order chi connectivity index (χ1) is 9.37. The molecule has 20 heavy (non-hydrogen) atoms. The molecule has 1 amide bonds. The number of benzene rings is 1. The molecule has 0 aliphatic carbocycles. The number of aromatic nitrogens is 2. The van der Waals surface area contributed by atoms with E-state index in [2.05, 4.69) is 20.3 Å². The summed E-state index contributed by atoms with van der Waals surface area (Å²) in [4.78, 5) is 11.8. The van der Waals surface area contributed by atoms with Gasteiger partial charge in [0.05, 0.1) is 17.4 Å². The van der Waals surface area contributed by atoms with Gasteiger partial charge in [0.25, 0.3) is 5.91 Å². The van der Waals surface area contributed by atoms with Crippen molar-refractivity contribution in [3.05, 3.63) is 24.4 Å². The Morgan fingerprint density at radius 3 is 2.95 bits per heavy atom. The topological polar surface area (TPSA) is 67.0 Å². The fourth-order valence-corrected chi connectivity index (χ4v) is 1.60. The van der Waals surface area contributed by atoms with E-state index in [1.165, 1.54) is 6.92 Å². The van der Waals surface area contributed by atoms with Crippen LogP contribution in [0.4, 0.5) is 18.9 Å². The van der Waals surface area contributed by atoms with Gasteiger partial charge in [-0.2, -0.15) is 18.3 Å². The molecule has 2 N–H and O–H groups in total. The molecular formula is C12H12F3N3O2. The van der Waals surface area contributed by atoms with E-state index >= 15 is 0 Å². The number of halogens is 3. The molecule has 0 spiro atoms. The summed E-state index contributed by atoms with van der Waals surface area (Å²) in [6.45, 7) is -0.204. The minimum Gasteiger partial charge on any atom is -0.359 e. The summed E-state index contributed by atoms with van der Waals surface area (Å²) in [5.74, 6) is -0.656. The minimum atomic E-state index is -4.46. The molecule has 1 aromatic carbocycles. The van der Waals surface area contributed by atoms with E-state index in [1.54, 1.807) is 24.4 Å². The lowest BCUT2D eigenvalue weighted by Crippen LogP contribution is -2.31. The minimum absolute atomic E-state index is 0.437. The number of hydrogen-bond donors (Lipinski definition) is 2. The Bertz CT molecular complexity index is 609. The van der Waals surface area contributed by atoms with Crippen LogP contribution in [-0.2, 0) is 9.53 Å². The first-order valence-corrected chi connectivity index (χ1v) is 5.78. The zero-order chi connectivity index (χ0) is 14.8. The monoisotopic (exact) mass is 287 g/mol. The Labute approximate surface area is 112 Å². The third-order valence-electron chi connectivity index (χ3n) is 2.60. The van der Waals surface area contributed by atoms with Crippen molar-refractivity contribution in [2.75, 3.05) is 11.9 Å². The Morgan fingerprint density at radius 2 is 2.25 bits per heavy atom. The van der Waals surface area contributed by atoms with Crippen LogP contribution in [0, 0.1) is 0 Å². The third kappa shape index (κ3) is 3.47. The van der Waals surface area contributed by atoms with E-state index in [9.17, 15) is 18.0 Å². The summed E-state index contributed by atoms with van der Waals surface area (Å²) in [6, 6.07) is 5.11. The molecule has 0 aliphatic heterocycles. The normalized spacial score (nSPS) is 13.4. The Hall–Kier alpha value is -2.09. The number of anilines is 1. The van der Waals surface area contributed by atoms with Gasteiger partial charge in [-0.05, 0) is 13.0 Å². The number of fused-ring (bicyclic) bond motifs is 1. The summed E-state index contributed by atoms with van der Waals surface area (Å²) >= 11 is 0. The molecule has 108 valence electrons. The maximum Gasteiger partial charge on any atom is 0.411 e. The first kappa shape index (κ1) is 14.3.